The molecule has 4 aromatic carbocycles. The van der Waals surface area contributed by atoms with E-state index >= 15 is 0 Å². The number of hydrogen-bond acceptors (Lipinski definition) is 0. The lowest BCUT2D eigenvalue weighted by molar-refractivity contribution is 0.647. The van der Waals surface area contributed by atoms with Crippen LogP contribution in [0.1, 0.15) is 38.2 Å². The topological polar surface area (TPSA) is 0 Å². The molecule has 0 unspecified atom stereocenters. The summed E-state index contributed by atoms with van der Waals surface area (Å²) in [5.41, 5.74) is 1.51. The molecule has 0 radical (unpaired) electrons. The molecule has 4 aromatic rings. The van der Waals surface area contributed by atoms with E-state index in [1.165, 1.54) is 50.7 Å². The second kappa shape index (κ2) is 5.70. The van der Waals surface area contributed by atoms with Crippen LogP contribution in [0.25, 0.3) is 32.3 Å². The van der Waals surface area contributed by atoms with Crippen molar-refractivity contribution in [1.82, 2.24) is 0 Å². The zero-order chi connectivity index (χ0) is 15.8. The lowest BCUT2D eigenvalue weighted by Gasteiger charge is -2.18. The van der Waals surface area contributed by atoms with Gasteiger partial charge in [-0.3, -0.25) is 0 Å². The highest BCUT2D eigenvalue weighted by Crippen LogP contribution is 2.37. The van der Waals surface area contributed by atoms with Crippen LogP contribution in [0.15, 0.2) is 66.7 Å². The van der Waals surface area contributed by atoms with Crippen LogP contribution >= 0.6 is 0 Å². The van der Waals surface area contributed by atoms with Crippen molar-refractivity contribution in [2.45, 2.75) is 32.6 Å². The average molecular weight is 298 g/mol. The lowest BCUT2D eigenvalue weighted by Crippen LogP contribution is -1.97. The molecular formula is C23H22. The fraction of sp³-hybridized carbons (Fsp3) is 0.217. The minimum Gasteiger partial charge on any atom is -0.0648 e. The zero-order valence-electron chi connectivity index (χ0n) is 13.8. The molecule has 0 spiro atoms. The van der Waals surface area contributed by atoms with Gasteiger partial charge in [0.2, 0.25) is 0 Å². The van der Waals surface area contributed by atoms with E-state index in [2.05, 4.69) is 80.6 Å². The highest BCUT2D eigenvalue weighted by atomic mass is 14.2. The molecule has 0 heteroatoms. The predicted molar refractivity (Wildman–Crippen MR) is 102 cm³/mol. The maximum Gasteiger partial charge on any atom is -0.00961 e. The van der Waals surface area contributed by atoms with Crippen LogP contribution in [0.5, 0.6) is 0 Å². The third-order valence-corrected chi connectivity index (χ3v) is 5.22. The first-order chi connectivity index (χ1) is 11.3. The van der Waals surface area contributed by atoms with Gasteiger partial charge < -0.3 is 0 Å². The second-order valence-corrected chi connectivity index (χ2v) is 6.41. The Bertz CT molecular complexity index is 991. The van der Waals surface area contributed by atoms with Gasteiger partial charge in [0, 0.05) is 0 Å². The molecule has 0 aromatic heterocycles. The monoisotopic (exact) mass is 298 g/mol. The van der Waals surface area contributed by atoms with Gasteiger partial charge in [0.25, 0.3) is 0 Å². The summed E-state index contributed by atoms with van der Waals surface area (Å²) in [6.07, 6.45) is 2.38. The van der Waals surface area contributed by atoms with Crippen molar-refractivity contribution < 1.29 is 0 Å². The van der Waals surface area contributed by atoms with Gasteiger partial charge in [0.1, 0.15) is 0 Å². The van der Waals surface area contributed by atoms with Crippen molar-refractivity contribution in [2.24, 2.45) is 0 Å². The average Bonchev–Trinajstić information content (AvgIpc) is 2.62. The van der Waals surface area contributed by atoms with Crippen molar-refractivity contribution in [1.29, 1.82) is 0 Å². The van der Waals surface area contributed by atoms with Crippen molar-refractivity contribution in [3.05, 3.63) is 72.3 Å². The SMILES string of the molecule is CCC(CC)c1cc2c3ccccc3ccc2c2ccccc12. The zero-order valence-corrected chi connectivity index (χ0v) is 13.8. The van der Waals surface area contributed by atoms with Crippen LogP contribution in [0.2, 0.25) is 0 Å². The molecule has 0 saturated heterocycles. The summed E-state index contributed by atoms with van der Waals surface area (Å²) < 4.78 is 0. The molecule has 0 amide bonds. The predicted octanol–water partition coefficient (Wildman–Crippen LogP) is 7.05. The number of fused-ring (bicyclic) bond motifs is 5. The van der Waals surface area contributed by atoms with Crippen LogP contribution in [0.3, 0.4) is 0 Å². The lowest BCUT2D eigenvalue weighted by atomic mass is 9.86. The van der Waals surface area contributed by atoms with Crippen molar-refractivity contribution in [2.75, 3.05) is 0 Å². The molecule has 0 N–H and O–H groups in total. The normalized spacial score (nSPS) is 11.8. The highest BCUT2D eigenvalue weighted by Gasteiger charge is 2.14. The summed E-state index contributed by atoms with van der Waals surface area (Å²) in [5, 5.41) is 8.26. The largest absolute Gasteiger partial charge is 0.0648 e. The van der Waals surface area contributed by atoms with E-state index in [-0.39, 0.29) is 0 Å². The molecule has 0 aliphatic rings. The summed E-state index contributed by atoms with van der Waals surface area (Å²) in [7, 11) is 0. The number of rotatable bonds is 3. The molecule has 0 nitrogen and oxygen atoms in total. The van der Waals surface area contributed by atoms with Gasteiger partial charge in [0.15, 0.2) is 0 Å². The Morgan fingerprint density at radius 1 is 0.609 bits per heavy atom. The molecule has 23 heavy (non-hydrogen) atoms. The first kappa shape index (κ1) is 14.3. The summed E-state index contributed by atoms with van der Waals surface area (Å²) in [5.74, 6) is 0.628. The van der Waals surface area contributed by atoms with Gasteiger partial charge in [-0.15, -0.1) is 0 Å². The Morgan fingerprint density at radius 3 is 1.96 bits per heavy atom. The van der Waals surface area contributed by atoms with Crippen LogP contribution in [0, 0.1) is 0 Å². The van der Waals surface area contributed by atoms with Crippen molar-refractivity contribution in [3.63, 3.8) is 0 Å². The maximum atomic E-state index is 2.46. The molecular weight excluding hydrogens is 276 g/mol. The fourth-order valence-corrected chi connectivity index (χ4v) is 3.96. The Kier molecular flexibility index (Phi) is 3.53. The van der Waals surface area contributed by atoms with E-state index in [4.69, 9.17) is 0 Å². The van der Waals surface area contributed by atoms with E-state index in [0.29, 0.717) is 5.92 Å². The highest BCUT2D eigenvalue weighted by molar-refractivity contribution is 6.18. The quantitative estimate of drug-likeness (QED) is 0.355. The van der Waals surface area contributed by atoms with Gasteiger partial charge in [-0.1, -0.05) is 74.5 Å². The number of benzene rings is 4. The van der Waals surface area contributed by atoms with E-state index in [9.17, 15) is 0 Å². The molecule has 0 aliphatic heterocycles. The third kappa shape index (κ3) is 2.21. The van der Waals surface area contributed by atoms with E-state index in [0.717, 1.165) is 0 Å². The molecule has 0 fully saturated rings. The summed E-state index contributed by atoms with van der Waals surface area (Å²) >= 11 is 0. The minimum atomic E-state index is 0.628. The Balaban J connectivity index is 2.21. The Hall–Kier alpha value is -2.34. The van der Waals surface area contributed by atoms with Gasteiger partial charge in [-0.2, -0.15) is 0 Å². The molecule has 4 rings (SSSR count). The maximum absolute atomic E-state index is 2.46. The third-order valence-electron chi connectivity index (χ3n) is 5.22. The molecule has 0 aliphatic carbocycles. The first-order valence-corrected chi connectivity index (χ1v) is 8.66. The van der Waals surface area contributed by atoms with Gasteiger partial charge in [-0.05, 0) is 62.7 Å². The molecule has 114 valence electrons. The fourth-order valence-electron chi connectivity index (χ4n) is 3.96. The summed E-state index contributed by atoms with van der Waals surface area (Å²) in [4.78, 5) is 0. The van der Waals surface area contributed by atoms with Crippen LogP contribution in [-0.2, 0) is 0 Å². The second-order valence-electron chi connectivity index (χ2n) is 6.41. The Morgan fingerprint density at radius 2 is 1.22 bits per heavy atom. The summed E-state index contributed by atoms with van der Waals surface area (Å²) in [6, 6.07) is 24.6. The number of hydrogen-bond donors (Lipinski definition) is 0. The van der Waals surface area contributed by atoms with Crippen LogP contribution in [0.4, 0.5) is 0 Å². The molecule has 0 heterocycles. The van der Waals surface area contributed by atoms with E-state index in [1.807, 2.05) is 0 Å². The van der Waals surface area contributed by atoms with Crippen LogP contribution in [-0.4, -0.2) is 0 Å². The van der Waals surface area contributed by atoms with E-state index < -0.39 is 0 Å². The molecule has 0 saturated carbocycles. The minimum absolute atomic E-state index is 0.628. The molecule has 0 bridgehead atoms. The standard InChI is InChI=1S/C23H22/c1-3-16(4-2)22-15-23-18-10-6-5-9-17(18)13-14-21(23)19-11-7-8-12-20(19)22/h5-16H,3-4H2,1-2H3. The van der Waals surface area contributed by atoms with Crippen LogP contribution < -0.4 is 0 Å². The first-order valence-electron chi connectivity index (χ1n) is 8.66. The smallest absolute Gasteiger partial charge is 0.00961 e. The van der Waals surface area contributed by atoms with Gasteiger partial charge in [0.05, 0.1) is 0 Å². The van der Waals surface area contributed by atoms with Crippen molar-refractivity contribution in [3.8, 4) is 0 Å². The summed E-state index contributed by atoms with van der Waals surface area (Å²) in [6.45, 7) is 4.60. The van der Waals surface area contributed by atoms with Crippen molar-refractivity contribution >= 4 is 32.3 Å². The van der Waals surface area contributed by atoms with Gasteiger partial charge in [-0.25, -0.2) is 0 Å². The Labute approximate surface area is 137 Å². The van der Waals surface area contributed by atoms with E-state index in [1.54, 1.807) is 0 Å². The molecule has 0 atom stereocenters. The van der Waals surface area contributed by atoms with Gasteiger partial charge >= 0.3 is 0 Å².